The van der Waals surface area contributed by atoms with Crippen LogP contribution in [0.4, 0.5) is 0 Å². The summed E-state index contributed by atoms with van der Waals surface area (Å²) in [5.74, 6) is -0.0760. The van der Waals surface area contributed by atoms with Crippen LogP contribution >= 0.6 is 45.2 Å². The first-order valence-electron chi connectivity index (χ1n) is 17.5. The van der Waals surface area contributed by atoms with Gasteiger partial charge in [-0.2, -0.15) is 0 Å². The van der Waals surface area contributed by atoms with Gasteiger partial charge in [-0.15, -0.1) is 0 Å². The molecule has 4 aromatic rings. The lowest BCUT2D eigenvalue weighted by Gasteiger charge is -2.44. The summed E-state index contributed by atoms with van der Waals surface area (Å²) < 4.78 is 71.7. The van der Waals surface area contributed by atoms with Gasteiger partial charge in [0.05, 0.1) is 80.7 Å². The fourth-order valence-electron chi connectivity index (χ4n) is 6.21. The molecule has 1 aliphatic heterocycles. The molecule has 0 radical (unpaired) electrons. The van der Waals surface area contributed by atoms with Crippen LogP contribution in [0.2, 0.25) is 0 Å². The predicted octanol–water partition coefficient (Wildman–Crippen LogP) is 6.87. The molecule has 0 unspecified atom stereocenters. The Balaban J connectivity index is 1.59. The number of methoxy groups -OCH3 is 7. The van der Waals surface area contributed by atoms with E-state index in [-0.39, 0.29) is 65.4 Å². The number of hydrogen-bond acceptors (Lipinski definition) is 14. The summed E-state index contributed by atoms with van der Waals surface area (Å²) >= 11 is 3.94. The summed E-state index contributed by atoms with van der Waals surface area (Å²) in [6, 6.07) is 22.0. The van der Waals surface area contributed by atoms with Gasteiger partial charge in [-0.1, -0.05) is 60.7 Å². The lowest BCUT2D eigenvalue weighted by atomic mass is 9.97. The van der Waals surface area contributed by atoms with Gasteiger partial charge in [0, 0.05) is 7.11 Å². The Morgan fingerprint density at radius 2 is 1.04 bits per heavy atom. The lowest BCUT2D eigenvalue weighted by molar-refractivity contribution is -0.303. The smallest absolute Gasteiger partial charge is 0.340 e. The normalized spacial score (nSPS) is 18.9. The summed E-state index contributed by atoms with van der Waals surface area (Å²) in [6.07, 6.45) is -5.91. The molecule has 57 heavy (non-hydrogen) atoms. The van der Waals surface area contributed by atoms with Crippen molar-refractivity contribution >= 4 is 57.1 Å². The summed E-state index contributed by atoms with van der Waals surface area (Å²) in [5.41, 5.74) is 1.94. The molecule has 306 valence electrons. The first kappa shape index (κ1) is 44.0. The summed E-state index contributed by atoms with van der Waals surface area (Å²) in [4.78, 5) is 28.7. The molecule has 16 heteroatoms. The van der Waals surface area contributed by atoms with Crippen LogP contribution in [0.3, 0.4) is 0 Å². The van der Waals surface area contributed by atoms with Crippen molar-refractivity contribution in [2.45, 2.75) is 43.9 Å². The summed E-state index contributed by atoms with van der Waals surface area (Å²) in [7, 11) is 10.1. The molecule has 1 aliphatic rings. The quantitative estimate of drug-likeness (QED) is 0.0755. The van der Waals surface area contributed by atoms with Crippen LogP contribution in [-0.2, 0) is 41.6 Å². The Labute approximate surface area is 358 Å². The van der Waals surface area contributed by atoms with Gasteiger partial charge in [-0.3, -0.25) is 0 Å². The average molecular weight is 1010 g/mol. The van der Waals surface area contributed by atoms with Crippen LogP contribution in [-0.4, -0.2) is 99.0 Å². The minimum absolute atomic E-state index is 0.00454. The van der Waals surface area contributed by atoms with E-state index >= 15 is 0 Å². The second kappa shape index (κ2) is 21.1. The number of carbonyl (C=O) groups is 2. The molecule has 5 atom stereocenters. The van der Waals surface area contributed by atoms with Crippen LogP contribution in [0, 0.1) is 7.14 Å². The van der Waals surface area contributed by atoms with Gasteiger partial charge < -0.3 is 56.8 Å². The topological polar surface area (TPSA) is 145 Å². The lowest BCUT2D eigenvalue weighted by Crippen LogP contribution is -2.62. The van der Waals surface area contributed by atoms with Crippen molar-refractivity contribution in [1.82, 2.24) is 0 Å². The molecule has 4 aromatic carbocycles. The zero-order valence-electron chi connectivity index (χ0n) is 32.4. The maximum atomic E-state index is 14.4. The van der Waals surface area contributed by atoms with E-state index in [2.05, 4.69) is 0 Å². The van der Waals surface area contributed by atoms with Crippen LogP contribution in [0.25, 0.3) is 0 Å². The number of ether oxygens (including phenoxy) is 12. The number of halogens is 2. The van der Waals surface area contributed by atoms with Crippen LogP contribution in [0.5, 0.6) is 34.5 Å². The van der Waals surface area contributed by atoms with Gasteiger partial charge in [-0.25, -0.2) is 9.59 Å². The maximum Gasteiger partial charge on any atom is 0.340 e. The van der Waals surface area contributed by atoms with Gasteiger partial charge >= 0.3 is 11.9 Å². The van der Waals surface area contributed by atoms with E-state index in [1.165, 1.54) is 61.9 Å². The minimum atomic E-state index is -1.38. The molecule has 0 amide bonds. The molecule has 0 aromatic heterocycles. The fourth-order valence-corrected chi connectivity index (χ4v) is 7.89. The van der Waals surface area contributed by atoms with Gasteiger partial charge in [0.1, 0.15) is 12.2 Å². The van der Waals surface area contributed by atoms with Gasteiger partial charge in [-0.05, 0) is 68.4 Å². The zero-order valence-corrected chi connectivity index (χ0v) is 36.7. The molecule has 0 bridgehead atoms. The Hall–Kier alpha value is -4.08. The number of rotatable bonds is 18. The molecule has 1 saturated heterocycles. The first-order valence-corrected chi connectivity index (χ1v) is 19.6. The van der Waals surface area contributed by atoms with Crippen molar-refractivity contribution in [1.29, 1.82) is 0 Å². The van der Waals surface area contributed by atoms with Gasteiger partial charge in [0.15, 0.2) is 41.5 Å². The van der Waals surface area contributed by atoms with Crippen molar-refractivity contribution in [3.8, 4) is 34.5 Å². The molecule has 1 heterocycles. The SMILES string of the molecule is COc1cc(C(=O)O[C@@H]2[C@H](OC(=O)c3cc(OC)c(OC)c(OC)c3I)[C@@H](OC)O[C@H](COCc3ccccc3)[C@H]2OCc2ccccc2)c(I)c(OC)c1OC. The van der Waals surface area contributed by atoms with E-state index in [4.69, 9.17) is 56.8 Å². The van der Waals surface area contributed by atoms with E-state index < -0.39 is 42.6 Å². The zero-order chi connectivity index (χ0) is 41.1. The highest BCUT2D eigenvalue weighted by Crippen LogP contribution is 2.45. The Morgan fingerprint density at radius 1 is 0.579 bits per heavy atom. The Morgan fingerprint density at radius 3 is 1.47 bits per heavy atom. The van der Waals surface area contributed by atoms with Crippen molar-refractivity contribution < 1.29 is 66.4 Å². The van der Waals surface area contributed by atoms with E-state index in [0.29, 0.717) is 7.14 Å². The largest absolute Gasteiger partial charge is 0.493 e. The number of esters is 2. The Kier molecular flexibility index (Phi) is 16.3. The molecule has 0 N–H and O–H groups in total. The van der Waals surface area contributed by atoms with E-state index in [1.54, 1.807) is 0 Å². The third kappa shape index (κ3) is 10.1. The molecule has 1 fully saturated rings. The van der Waals surface area contributed by atoms with E-state index in [0.717, 1.165) is 11.1 Å². The number of benzene rings is 4. The van der Waals surface area contributed by atoms with Crippen LogP contribution in [0.15, 0.2) is 72.8 Å². The van der Waals surface area contributed by atoms with E-state index in [1.807, 2.05) is 106 Å². The standard InChI is InChI=1S/C41H44I2O14/c1-46-27-18-25(30(42)35(50-5)32(27)48-3)39(44)56-37-34(54-21-24-16-12-9-13-17-24)29(22-53-20-23-14-10-8-11-15-23)55-41(52-7)38(37)57-40(45)26-19-28(47-2)33(49-4)36(51-6)31(26)43/h8-19,29,34,37-38,41H,20-22H2,1-7H3/t29-,34-,37+,38+,41+/m1/s1. The van der Waals surface area contributed by atoms with Crippen molar-refractivity contribution in [3.05, 3.63) is 102 Å². The second-order valence-electron chi connectivity index (χ2n) is 12.3. The van der Waals surface area contributed by atoms with Gasteiger partial charge in [0.2, 0.25) is 11.5 Å². The number of carbonyl (C=O) groups excluding carboxylic acids is 2. The second-order valence-corrected chi connectivity index (χ2v) is 14.5. The summed E-state index contributed by atoms with van der Waals surface area (Å²) in [6.45, 7) is 0.341. The van der Waals surface area contributed by atoms with Crippen molar-refractivity contribution in [3.63, 3.8) is 0 Å². The first-order chi connectivity index (χ1) is 27.6. The fraction of sp³-hybridized carbons (Fsp3) is 0.366. The molecule has 0 saturated carbocycles. The van der Waals surface area contributed by atoms with Gasteiger partial charge in [0.25, 0.3) is 0 Å². The predicted molar refractivity (Wildman–Crippen MR) is 223 cm³/mol. The Bertz CT molecular complexity index is 1960. The highest BCUT2D eigenvalue weighted by atomic mass is 127. The average Bonchev–Trinajstić information content (AvgIpc) is 3.23. The molecule has 14 nitrogen and oxygen atoms in total. The third-order valence-corrected chi connectivity index (χ3v) is 11.1. The van der Waals surface area contributed by atoms with Crippen molar-refractivity contribution in [2.24, 2.45) is 0 Å². The van der Waals surface area contributed by atoms with E-state index in [9.17, 15) is 9.59 Å². The summed E-state index contributed by atoms with van der Waals surface area (Å²) in [5, 5.41) is 0. The van der Waals surface area contributed by atoms with Crippen LogP contribution in [0.1, 0.15) is 31.8 Å². The van der Waals surface area contributed by atoms with Crippen LogP contribution < -0.4 is 28.4 Å². The molecular weight excluding hydrogens is 970 g/mol. The highest BCUT2D eigenvalue weighted by molar-refractivity contribution is 14.1. The number of hydrogen-bond donors (Lipinski definition) is 0. The molecule has 0 aliphatic carbocycles. The molecule has 5 rings (SSSR count). The maximum absolute atomic E-state index is 14.4. The monoisotopic (exact) mass is 1010 g/mol. The van der Waals surface area contributed by atoms with Crippen molar-refractivity contribution in [2.75, 3.05) is 56.4 Å². The highest BCUT2D eigenvalue weighted by Gasteiger charge is 2.52. The molecular formula is C41H44I2O14. The molecule has 0 spiro atoms. The minimum Gasteiger partial charge on any atom is -0.493 e. The third-order valence-electron chi connectivity index (χ3n) is 8.97.